The maximum Gasteiger partial charge on any atom is 0.246 e. The second-order valence-corrected chi connectivity index (χ2v) is 7.12. The predicted molar refractivity (Wildman–Crippen MR) is 74.3 cm³/mol. The van der Waals surface area contributed by atoms with Crippen LogP contribution in [-0.4, -0.2) is 38.0 Å². The van der Waals surface area contributed by atoms with Gasteiger partial charge in [-0.3, -0.25) is 0 Å². The van der Waals surface area contributed by atoms with Crippen molar-refractivity contribution >= 4 is 15.7 Å². The Labute approximate surface area is 118 Å². The van der Waals surface area contributed by atoms with E-state index in [1.165, 1.54) is 10.4 Å². The van der Waals surface area contributed by atoms with Gasteiger partial charge in [-0.05, 0) is 38.5 Å². The van der Waals surface area contributed by atoms with Gasteiger partial charge >= 0.3 is 0 Å². The summed E-state index contributed by atoms with van der Waals surface area (Å²) in [6, 6.07) is 2.33. The Kier molecular flexibility index (Phi) is 4.04. The minimum Gasteiger partial charge on any atom is -0.398 e. The lowest BCUT2D eigenvalue weighted by Crippen LogP contribution is -2.48. The highest BCUT2D eigenvalue weighted by atomic mass is 32.2. The summed E-state index contributed by atoms with van der Waals surface area (Å²) in [7, 11) is -3.90. The molecule has 2 rings (SSSR count). The van der Waals surface area contributed by atoms with E-state index in [0.29, 0.717) is 5.56 Å². The lowest BCUT2D eigenvalue weighted by Gasteiger charge is -2.34. The quantitative estimate of drug-likeness (QED) is 0.841. The SMILES string of the molecule is Cc1cc(F)c(S(=O)(=O)N2C[C@@H](C)O[C@@H](C)C2)cc1N. The van der Waals surface area contributed by atoms with Crippen LogP contribution in [0.5, 0.6) is 0 Å². The van der Waals surface area contributed by atoms with E-state index in [1.54, 1.807) is 20.8 Å². The van der Waals surface area contributed by atoms with Crippen molar-refractivity contribution < 1.29 is 17.5 Å². The minimum atomic E-state index is -3.90. The first-order chi connectivity index (χ1) is 9.21. The van der Waals surface area contributed by atoms with Crippen LogP contribution >= 0.6 is 0 Å². The number of halogens is 1. The molecule has 20 heavy (non-hydrogen) atoms. The Morgan fingerprint density at radius 1 is 1.30 bits per heavy atom. The zero-order valence-corrected chi connectivity index (χ0v) is 12.6. The summed E-state index contributed by atoms with van der Waals surface area (Å²) in [4.78, 5) is -0.373. The second-order valence-electron chi connectivity index (χ2n) is 5.22. The summed E-state index contributed by atoms with van der Waals surface area (Å²) in [5, 5.41) is 0. The highest BCUT2D eigenvalue weighted by Crippen LogP contribution is 2.26. The van der Waals surface area contributed by atoms with E-state index >= 15 is 0 Å². The average molecular weight is 302 g/mol. The number of nitrogen functional groups attached to an aromatic ring is 1. The van der Waals surface area contributed by atoms with Gasteiger partial charge in [0.25, 0.3) is 0 Å². The van der Waals surface area contributed by atoms with E-state index in [9.17, 15) is 12.8 Å². The number of anilines is 1. The molecular weight excluding hydrogens is 283 g/mol. The zero-order chi connectivity index (χ0) is 15.1. The largest absolute Gasteiger partial charge is 0.398 e. The maximum atomic E-state index is 14.0. The van der Waals surface area contributed by atoms with Gasteiger partial charge < -0.3 is 10.5 Å². The minimum absolute atomic E-state index is 0.208. The van der Waals surface area contributed by atoms with Gasteiger partial charge in [-0.15, -0.1) is 0 Å². The van der Waals surface area contributed by atoms with Crippen LogP contribution in [-0.2, 0) is 14.8 Å². The number of hydrogen-bond donors (Lipinski definition) is 1. The Hall–Kier alpha value is -1.18. The molecule has 1 aliphatic heterocycles. The van der Waals surface area contributed by atoms with Crippen molar-refractivity contribution in [2.45, 2.75) is 37.9 Å². The van der Waals surface area contributed by atoms with Gasteiger partial charge in [-0.1, -0.05) is 0 Å². The van der Waals surface area contributed by atoms with Crippen LogP contribution in [0.2, 0.25) is 0 Å². The summed E-state index contributed by atoms with van der Waals surface area (Å²) in [6.45, 7) is 5.63. The molecule has 1 saturated heterocycles. The van der Waals surface area contributed by atoms with Crippen molar-refractivity contribution in [3.05, 3.63) is 23.5 Å². The molecule has 0 aliphatic carbocycles. The molecule has 0 saturated carbocycles. The molecule has 1 fully saturated rings. The summed E-state index contributed by atoms with van der Waals surface area (Å²) >= 11 is 0. The fourth-order valence-corrected chi connectivity index (χ4v) is 4.00. The number of benzene rings is 1. The first kappa shape index (κ1) is 15.2. The van der Waals surface area contributed by atoms with E-state index in [2.05, 4.69) is 0 Å². The molecule has 1 aromatic carbocycles. The number of hydrogen-bond acceptors (Lipinski definition) is 4. The molecule has 0 unspecified atom stereocenters. The molecular formula is C13H19FN2O3S. The monoisotopic (exact) mass is 302 g/mol. The van der Waals surface area contributed by atoms with Crippen LogP contribution in [0.25, 0.3) is 0 Å². The van der Waals surface area contributed by atoms with Crippen molar-refractivity contribution in [3.63, 3.8) is 0 Å². The van der Waals surface area contributed by atoms with Crippen molar-refractivity contribution in [2.75, 3.05) is 18.8 Å². The van der Waals surface area contributed by atoms with Crippen LogP contribution < -0.4 is 5.73 Å². The smallest absolute Gasteiger partial charge is 0.246 e. The molecule has 2 N–H and O–H groups in total. The number of nitrogens with two attached hydrogens (primary N) is 1. The Morgan fingerprint density at radius 3 is 2.40 bits per heavy atom. The van der Waals surface area contributed by atoms with Gasteiger partial charge in [0.15, 0.2) is 0 Å². The van der Waals surface area contributed by atoms with E-state index in [-0.39, 0.29) is 35.9 Å². The predicted octanol–water partition coefficient (Wildman–Crippen LogP) is 1.51. The molecule has 0 radical (unpaired) electrons. The standard InChI is InChI=1S/C13H19FN2O3S/c1-8-4-11(14)13(5-12(8)15)20(17,18)16-6-9(2)19-10(3)7-16/h4-5,9-10H,6-7,15H2,1-3H3/t9-,10+. The highest BCUT2D eigenvalue weighted by Gasteiger charge is 2.34. The van der Waals surface area contributed by atoms with Crippen molar-refractivity contribution in [2.24, 2.45) is 0 Å². The van der Waals surface area contributed by atoms with Crippen LogP contribution in [0.15, 0.2) is 17.0 Å². The van der Waals surface area contributed by atoms with E-state index in [4.69, 9.17) is 10.5 Å². The molecule has 1 aromatic rings. The van der Waals surface area contributed by atoms with Crippen molar-refractivity contribution in [1.82, 2.24) is 4.31 Å². The van der Waals surface area contributed by atoms with Gasteiger partial charge in [0.05, 0.1) is 12.2 Å². The van der Waals surface area contributed by atoms with Crippen molar-refractivity contribution in [3.8, 4) is 0 Å². The highest BCUT2D eigenvalue weighted by molar-refractivity contribution is 7.89. The first-order valence-corrected chi connectivity index (χ1v) is 7.87. The van der Waals surface area contributed by atoms with Crippen LogP contribution in [0.4, 0.5) is 10.1 Å². The molecule has 0 bridgehead atoms. The van der Waals surface area contributed by atoms with Gasteiger partial charge in [0, 0.05) is 18.8 Å². The lowest BCUT2D eigenvalue weighted by molar-refractivity contribution is -0.0441. The summed E-state index contributed by atoms with van der Waals surface area (Å²) in [5.41, 5.74) is 6.48. The van der Waals surface area contributed by atoms with Gasteiger partial charge in [0.1, 0.15) is 10.7 Å². The normalized spacial score (nSPS) is 24.8. The number of rotatable bonds is 2. The third-order valence-electron chi connectivity index (χ3n) is 3.32. The zero-order valence-electron chi connectivity index (χ0n) is 11.8. The van der Waals surface area contributed by atoms with E-state index in [0.717, 1.165) is 6.07 Å². The molecule has 0 spiro atoms. The van der Waals surface area contributed by atoms with Gasteiger partial charge in [-0.2, -0.15) is 4.31 Å². The van der Waals surface area contributed by atoms with Crippen LogP contribution in [0.1, 0.15) is 19.4 Å². The third kappa shape index (κ3) is 2.79. The van der Waals surface area contributed by atoms with E-state index in [1.807, 2.05) is 0 Å². The summed E-state index contributed by atoms with van der Waals surface area (Å²) in [6.07, 6.45) is -0.446. The topological polar surface area (TPSA) is 72.6 Å². The Bertz CT molecular complexity index is 608. The molecule has 0 aromatic heterocycles. The summed E-state index contributed by atoms with van der Waals surface area (Å²) in [5.74, 6) is -0.775. The number of aryl methyl sites for hydroxylation is 1. The average Bonchev–Trinajstić information content (AvgIpc) is 2.32. The van der Waals surface area contributed by atoms with Crippen molar-refractivity contribution in [1.29, 1.82) is 0 Å². The molecule has 0 amide bonds. The maximum absolute atomic E-state index is 14.0. The van der Waals surface area contributed by atoms with Gasteiger partial charge in [0.2, 0.25) is 10.0 Å². The Balaban J connectivity index is 2.42. The number of morpholine rings is 1. The fraction of sp³-hybridized carbons (Fsp3) is 0.538. The first-order valence-electron chi connectivity index (χ1n) is 6.43. The summed E-state index contributed by atoms with van der Waals surface area (Å²) < 4.78 is 45.8. The Morgan fingerprint density at radius 2 is 1.85 bits per heavy atom. The number of sulfonamides is 1. The molecule has 2 atom stereocenters. The fourth-order valence-electron chi connectivity index (χ4n) is 2.33. The van der Waals surface area contributed by atoms with Gasteiger partial charge in [-0.25, -0.2) is 12.8 Å². The molecule has 5 nitrogen and oxygen atoms in total. The number of nitrogens with zero attached hydrogens (tertiary/aromatic N) is 1. The number of ether oxygens (including phenoxy) is 1. The van der Waals surface area contributed by atoms with Crippen LogP contribution in [0.3, 0.4) is 0 Å². The molecule has 1 heterocycles. The molecule has 1 aliphatic rings. The van der Waals surface area contributed by atoms with Crippen LogP contribution in [0, 0.1) is 12.7 Å². The van der Waals surface area contributed by atoms with E-state index < -0.39 is 15.8 Å². The molecule has 112 valence electrons. The second kappa shape index (κ2) is 5.31. The molecule has 7 heteroatoms. The lowest BCUT2D eigenvalue weighted by atomic mass is 10.2. The third-order valence-corrected chi connectivity index (χ3v) is 5.17.